The smallest absolute Gasteiger partial charge is 0.161 e. The van der Waals surface area contributed by atoms with Crippen molar-refractivity contribution in [1.82, 2.24) is 0 Å². The second kappa shape index (κ2) is 5.85. The van der Waals surface area contributed by atoms with E-state index < -0.39 is 5.54 Å². The summed E-state index contributed by atoms with van der Waals surface area (Å²) in [5, 5.41) is 0. The quantitative estimate of drug-likeness (QED) is 0.926. The highest BCUT2D eigenvalue weighted by molar-refractivity contribution is 9.10. The van der Waals surface area contributed by atoms with Gasteiger partial charge in [0.15, 0.2) is 11.5 Å². The fraction of sp³-hybridized carbons (Fsp3) is 0.250. The first-order valence-corrected chi connectivity index (χ1v) is 7.05. The van der Waals surface area contributed by atoms with Crippen LogP contribution in [0, 0.1) is 0 Å². The van der Waals surface area contributed by atoms with Crippen LogP contribution in [0.2, 0.25) is 0 Å². The molecule has 0 aromatic heterocycles. The monoisotopic (exact) mass is 335 g/mol. The number of benzene rings is 2. The second-order valence-electron chi connectivity index (χ2n) is 4.78. The van der Waals surface area contributed by atoms with E-state index in [2.05, 4.69) is 15.9 Å². The Bertz CT molecular complexity index is 594. The van der Waals surface area contributed by atoms with Crippen molar-refractivity contribution >= 4 is 15.9 Å². The Morgan fingerprint density at radius 1 is 0.900 bits per heavy atom. The number of halogens is 1. The lowest BCUT2D eigenvalue weighted by atomic mass is 9.85. The molecule has 0 saturated carbocycles. The third-order valence-electron chi connectivity index (χ3n) is 3.43. The number of rotatable bonds is 4. The predicted octanol–water partition coefficient (Wildman–Crippen LogP) is 3.69. The van der Waals surface area contributed by atoms with Gasteiger partial charge >= 0.3 is 0 Å². The Hall–Kier alpha value is -1.52. The van der Waals surface area contributed by atoms with Crippen molar-refractivity contribution in [2.24, 2.45) is 5.73 Å². The van der Waals surface area contributed by atoms with Crippen LogP contribution in [0.5, 0.6) is 11.5 Å². The van der Waals surface area contributed by atoms with Crippen LogP contribution in [-0.2, 0) is 5.54 Å². The van der Waals surface area contributed by atoms with Gasteiger partial charge in [0.05, 0.1) is 19.8 Å². The maximum absolute atomic E-state index is 6.51. The normalized spacial score (nSPS) is 13.7. The molecule has 4 heteroatoms. The third-order valence-corrected chi connectivity index (χ3v) is 3.96. The summed E-state index contributed by atoms with van der Waals surface area (Å²) in [6.45, 7) is 1.98. The molecular weight excluding hydrogens is 318 g/mol. The lowest BCUT2D eigenvalue weighted by Gasteiger charge is -2.27. The number of nitrogens with two attached hydrogens (primary N) is 1. The average Bonchev–Trinajstić information content (AvgIpc) is 2.46. The van der Waals surface area contributed by atoms with Crippen LogP contribution in [0.3, 0.4) is 0 Å². The summed E-state index contributed by atoms with van der Waals surface area (Å²) in [5.41, 5.74) is 7.92. The van der Waals surface area contributed by atoms with Crippen LogP contribution < -0.4 is 15.2 Å². The van der Waals surface area contributed by atoms with Crippen molar-refractivity contribution in [3.05, 3.63) is 58.1 Å². The summed E-state index contributed by atoms with van der Waals surface area (Å²) >= 11 is 3.43. The molecule has 0 saturated heterocycles. The zero-order valence-corrected chi connectivity index (χ0v) is 13.4. The third kappa shape index (κ3) is 2.81. The molecule has 0 aliphatic rings. The highest BCUT2D eigenvalue weighted by Crippen LogP contribution is 2.34. The van der Waals surface area contributed by atoms with Gasteiger partial charge < -0.3 is 15.2 Å². The number of methoxy groups -OCH3 is 2. The lowest BCUT2D eigenvalue weighted by Crippen LogP contribution is -2.34. The van der Waals surface area contributed by atoms with Gasteiger partial charge in [-0.15, -0.1) is 0 Å². The van der Waals surface area contributed by atoms with Crippen LogP contribution in [-0.4, -0.2) is 14.2 Å². The minimum absolute atomic E-state index is 0.597. The van der Waals surface area contributed by atoms with E-state index in [4.69, 9.17) is 15.2 Å². The summed E-state index contributed by atoms with van der Waals surface area (Å²) in [7, 11) is 3.24. The molecule has 106 valence electrons. The molecule has 0 aliphatic heterocycles. The first kappa shape index (κ1) is 14.9. The molecule has 0 fully saturated rings. The van der Waals surface area contributed by atoms with Crippen molar-refractivity contribution in [2.45, 2.75) is 12.5 Å². The highest BCUT2D eigenvalue weighted by atomic mass is 79.9. The number of ether oxygens (including phenoxy) is 2. The van der Waals surface area contributed by atoms with Gasteiger partial charge in [0.1, 0.15) is 0 Å². The van der Waals surface area contributed by atoms with Crippen LogP contribution in [0.4, 0.5) is 0 Å². The second-order valence-corrected chi connectivity index (χ2v) is 5.69. The highest BCUT2D eigenvalue weighted by Gasteiger charge is 2.25. The Labute approximate surface area is 127 Å². The van der Waals surface area contributed by atoms with E-state index in [1.807, 2.05) is 49.4 Å². The van der Waals surface area contributed by atoms with Gasteiger partial charge in [-0.05, 0) is 42.3 Å². The van der Waals surface area contributed by atoms with Gasteiger partial charge in [-0.2, -0.15) is 0 Å². The van der Waals surface area contributed by atoms with E-state index in [-0.39, 0.29) is 0 Å². The summed E-state index contributed by atoms with van der Waals surface area (Å²) in [4.78, 5) is 0. The average molecular weight is 336 g/mol. The molecule has 1 unspecified atom stereocenters. The van der Waals surface area contributed by atoms with E-state index in [9.17, 15) is 0 Å². The maximum atomic E-state index is 6.51. The Balaban J connectivity index is 2.45. The summed E-state index contributed by atoms with van der Waals surface area (Å²) in [5.74, 6) is 1.38. The summed E-state index contributed by atoms with van der Waals surface area (Å²) in [6, 6.07) is 13.8. The summed E-state index contributed by atoms with van der Waals surface area (Å²) in [6.07, 6.45) is 0. The predicted molar refractivity (Wildman–Crippen MR) is 84.3 cm³/mol. The molecule has 0 heterocycles. The molecule has 3 nitrogen and oxygen atoms in total. The topological polar surface area (TPSA) is 44.5 Å². The van der Waals surface area contributed by atoms with Crippen molar-refractivity contribution in [3.8, 4) is 11.5 Å². The van der Waals surface area contributed by atoms with E-state index in [0.29, 0.717) is 11.5 Å². The van der Waals surface area contributed by atoms with Crippen LogP contribution in [0.15, 0.2) is 46.9 Å². The van der Waals surface area contributed by atoms with Crippen LogP contribution in [0.25, 0.3) is 0 Å². The van der Waals surface area contributed by atoms with Crippen LogP contribution >= 0.6 is 15.9 Å². The van der Waals surface area contributed by atoms with Crippen molar-refractivity contribution in [1.29, 1.82) is 0 Å². The zero-order chi connectivity index (χ0) is 14.8. The van der Waals surface area contributed by atoms with Gasteiger partial charge in [0, 0.05) is 4.47 Å². The zero-order valence-electron chi connectivity index (χ0n) is 11.8. The molecule has 20 heavy (non-hydrogen) atoms. The van der Waals surface area contributed by atoms with Crippen LogP contribution in [0.1, 0.15) is 18.1 Å². The van der Waals surface area contributed by atoms with Gasteiger partial charge in [-0.3, -0.25) is 0 Å². The minimum Gasteiger partial charge on any atom is -0.493 e. The largest absolute Gasteiger partial charge is 0.493 e. The molecule has 0 amide bonds. The fourth-order valence-corrected chi connectivity index (χ4v) is 2.39. The van der Waals surface area contributed by atoms with Gasteiger partial charge in [-0.1, -0.05) is 34.1 Å². The van der Waals surface area contributed by atoms with E-state index in [1.54, 1.807) is 14.2 Å². The molecule has 1 atom stereocenters. The Morgan fingerprint density at radius 2 is 1.45 bits per heavy atom. The first-order valence-electron chi connectivity index (χ1n) is 6.26. The maximum Gasteiger partial charge on any atom is 0.161 e. The Morgan fingerprint density at radius 3 is 2.00 bits per heavy atom. The lowest BCUT2D eigenvalue weighted by molar-refractivity contribution is 0.353. The number of hydrogen-bond donors (Lipinski definition) is 1. The van der Waals surface area contributed by atoms with E-state index in [1.165, 1.54) is 0 Å². The van der Waals surface area contributed by atoms with E-state index in [0.717, 1.165) is 15.6 Å². The van der Waals surface area contributed by atoms with Crippen molar-refractivity contribution < 1.29 is 9.47 Å². The molecule has 2 aromatic rings. The molecule has 0 aliphatic carbocycles. The van der Waals surface area contributed by atoms with Gasteiger partial charge in [0.25, 0.3) is 0 Å². The molecule has 0 spiro atoms. The molecule has 2 aromatic carbocycles. The van der Waals surface area contributed by atoms with Crippen molar-refractivity contribution in [3.63, 3.8) is 0 Å². The minimum atomic E-state index is -0.597. The molecular formula is C16H18BrNO2. The standard InChI is InChI=1S/C16H18BrNO2/c1-16(18,11-4-7-13(17)8-5-11)12-6-9-14(19-2)15(10-12)20-3/h4-10H,18H2,1-3H3. The van der Waals surface area contributed by atoms with Crippen molar-refractivity contribution in [2.75, 3.05) is 14.2 Å². The summed E-state index contributed by atoms with van der Waals surface area (Å²) < 4.78 is 11.6. The Kier molecular flexibility index (Phi) is 4.35. The molecule has 2 N–H and O–H groups in total. The SMILES string of the molecule is COc1ccc(C(C)(N)c2ccc(Br)cc2)cc1OC. The molecule has 0 radical (unpaired) electrons. The van der Waals surface area contributed by atoms with Gasteiger partial charge in [-0.25, -0.2) is 0 Å². The molecule has 0 bridgehead atoms. The fourth-order valence-electron chi connectivity index (χ4n) is 2.12. The molecule has 2 rings (SSSR count). The van der Waals surface area contributed by atoms with Gasteiger partial charge in [0.2, 0.25) is 0 Å². The first-order chi connectivity index (χ1) is 9.48. The van der Waals surface area contributed by atoms with E-state index >= 15 is 0 Å². The number of hydrogen-bond acceptors (Lipinski definition) is 3.